The van der Waals surface area contributed by atoms with Crippen molar-refractivity contribution >= 4 is 39.5 Å². The minimum atomic E-state index is -0.564. The number of hydrogen-bond acceptors (Lipinski definition) is 5. The molecule has 25 heavy (non-hydrogen) atoms. The van der Waals surface area contributed by atoms with Gasteiger partial charge in [-0.15, -0.1) is 0 Å². The maximum atomic E-state index is 12.4. The number of rotatable bonds is 5. The highest BCUT2D eigenvalue weighted by Gasteiger charge is 2.20. The molecule has 0 atom stereocenters. The zero-order valence-electron chi connectivity index (χ0n) is 14.0. The predicted molar refractivity (Wildman–Crippen MR) is 98.4 cm³/mol. The van der Waals surface area contributed by atoms with Crippen LogP contribution in [0.2, 0.25) is 0 Å². The summed E-state index contributed by atoms with van der Waals surface area (Å²) in [6.07, 6.45) is 1.64. The molecule has 2 aromatic rings. The Bertz CT molecular complexity index is 826. The summed E-state index contributed by atoms with van der Waals surface area (Å²) in [6, 6.07) is 12.1. The highest BCUT2D eigenvalue weighted by Crippen LogP contribution is 2.29. The Labute approximate surface area is 154 Å². The summed E-state index contributed by atoms with van der Waals surface area (Å²) < 4.78 is 15.7. The molecular formula is C19H17BrO5. The van der Waals surface area contributed by atoms with Gasteiger partial charge < -0.3 is 14.2 Å². The topological polar surface area (TPSA) is 61.8 Å². The van der Waals surface area contributed by atoms with E-state index in [1.54, 1.807) is 49.6 Å². The van der Waals surface area contributed by atoms with Gasteiger partial charge >= 0.3 is 11.9 Å². The molecule has 0 aliphatic rings. The molecule has 2 aromatic carbocycles. The number of carbonyl (C=O) groups excluding carboxylic acids is 2. The van der Waals surface area contributed by atoms with Crippen LogP contribution in [0.25, 0.3) is 11.6 Å². The van der Waals surface area contributed by atoms with E-state index in [4.69, 9.17) is 14.2 Å². The fourth-order valence-corrected chi connectivity index (χ4v) is 2.64. The molecular weight excluding hydrogens is 388 g/mol. The Morgan fingerprint density at radius 1 is 0.960 bits per heavy atom. The first-order valence-corrected chi connectivity index (χ1v) is 8.12. The summed E-state index contributed by atoms with van der Waals surface area (Å²) >= 11 is 3.45. The average Bonchev–Trinajstić information content (AvgIpc) is 2.66. The van der Waals surface area contributed by atoms with Crippen LogP contribution in [0.4, 0.5) is 0 Å². The number of hydrogen-bond donors (Lipinski definition) is 0. The van der Waals surface area contributed by atoms with Crippen molar-refractivity contribution in [1.29, 1.82) is 0 Å². The minimum Gasteiger partial charge on any atom is -0.497 e. The number of ether oxygens (including phenoxy) is 3. The second kappa shape index (κ2) is 8.48. The Balaban J connectivity index is 2.67. The van der Waals surface area contributed by atoms with Gasteiger partial charge in [0, 0.05) is 10.0 Å². The molecule has 0 amide bonds. The standard InChI is InChI=1S/C19H17BrO5/c1-23-13-8-9-17(20)12(10-13)11-16(19(22)25-3)14-6-4-5-7-15(14)18(21)24-2/h4-11H,1-3H3. The largest absolute Gasteiger partial charge is 0.497 e. The summed E-state index contributed by atoms with van der Waals surface area (Å²) in [5, 5.41) is 0. The van der Waals surface area contributed by atoms with Gasteiger partial charge in [-0.1, -0.05) is 34.1 Å². The number of halogens is 1. The lowest BCUT2D eigenvalue weighted by Crippen LogP contribution is -2.10. The monoisotopic (exact) mass is 404 g/mol. The molecule has 0 radical (unpaired) electrons. The van der Waals surface area contributed by atoms with Crippen LogP contribution < -0.4 is 4.74 Å². The number of esters is 2. The van der Waals surface area contributed by atoms with Gasteiger partial charge in [-0.2, -0.15) is 0 Å². The normalized spacial score (nSPS) is 11.0. The van der Waals surface area contributed by atoms with Crippen molar-refractivity contribution in [1.82, 2.24) is 0 Å². The highest BCUT2D eigenvalue weighted by atomic mass is 79.9. The van der Waals surface area contributed by atoms with Gasteiger partial charge in [0.15, 0.2) is 0 Å². The third-order valence-corrected chi connectivity index (χ3v) is 4.25. The molecule has 5 nitrogen and oxygen atoms in total. The second-order valence-corrected chi connectivity index (χ2v) is 5.83. The van der Waals surface area contributed by atoms with Crippen LogP contribution in [-0.4, -0.2) is 33.3 Å². The molecule has 0 fully saturated rings. The molecule has 0 aromatic heterocycles. The lowest BCUT2D eigenvalue weighted by atomic mass is 9.97. The Hall–Kier alpha value is -2.60. The summed E-state index contributed by atoms with van der Waals surface area (Å²) in [4.78, 5) is 24.4. The van der Waals surface area contributed by atoms with Crippen LogP contribution in [0.15, 0.2) is 46.9 Å². The van der Waals surface area contributed by atoms with Crippen LogP contribution in [-0.2, 0) is 14.3 Å². The molecule has 0 saturated heterocycles. The third kappa shape index (κ3) is 4.28. The van der Waals surface area contributed by atoms with E-state index in [9.17, 15) is 9.59 Å². The first-order valence-electron chi connectivity index (χ1n) is 7.33. The number of methoxy groups -OCH3 is 3. The maximum absolute atomic E-state index is 12.4. The van der Waals surface area contributed by atoms with E-state index < -0.39 is 11.9 Å². The van der Waals surface area contributed by atoms with E-state index in [-0.39, 0.29) is 11.1 Å². The summed E-state index contributed by atoms with van der Waals surface area (Å²) in [7, 11) is 4.14. The van der Waals surface area contributed by atoms with Gasteiger partial charge in [0.25, 0.3) is 0 Å². The van der Waals surface area contributed by atoms with Crippen molar-refractivity contribution in [2.75, 3.05) is 21.3 Å². The number of carbonyl (C=O) groups is 2. The van der Waals surface area contributed by atoms with Gasteiger partial charge in [-0.25, -0.2) is 9.59 Å². The van der Waals surface area contributed by atoms with Gasteiger partial charge in [0.1, 0.15) is 5.75 Å². The van der Waals surface area contributed by atoms with Crippen molar-refractivity contribution in [3.63, 3.8) is 0 Å². The van der Waals surface area contributed by atoms with Crippen LogP contribution >= 0.6 is 15.9 Å². The van der Waals surface area contributed by atoms with Gasteiger partial charge in [0.05, 0.1) is 32.5 Å². The van der Waals surface area contributed by atoms with Crippen molar-refractivity contribution in [2.45, 2.75) is 0 Å². The zero-order valence-corrected chi connectivity index (χ0v) is 15.6. The summed E-state index contributed by atoms with van der Waals surface area (Å²) in [5.74, 6) is -0.457. The Kier molecular flexibility index (Phi) is 6.36. The highest BCUT2D eigenvalue weighted by molar-refractivity contribution is 9.10. The lowest BCUT2D eigenvalue weighted by molar-refractivity contribution is -0.133. The van der Waals surface area contributed by atoms with E-state index in [1.807, 2.05) is 6.07 Å². The van der Waals surface area contributed by atoms with Crippen LogP contribution in [0.5, 0.6) is 5.75 Å². The fourth-order valence-electron chi connectivity index (χ4n) is 2.28. The smallest absolute Gasteiger partial charge is 0.338 e. The molecule has 0 unspecified atom stereocenters. The maximum Gasteiger partial charge on any atom is 0.338 e. The second-order valence-electron chi connectivity index (χ2n) is 4.97. The number of benzene rings is 2. The molecule has 0 saturated carbocycles. The van der Waals surface area contributed by atoms with Crippen LogP contribution in [0.1, 0.15) is 21.5 Å². The van der Waals surface area contributed by atoms with E-state index in [0.717, 1.165) is 4.47 Å². The summed E-state index contributed by atoms with van der Waals surface area (Å²) in [6.45, 7) is 0. The first kappa shape index (κ1) is 18.7. The van der Waals surface area contributed by atoms with Gasteiger partial charge in [0.2, 0.25) is 0 Å². The first-order chi connectivity index (χ1) is 12.0. The van der Waals surface area contributed by atoms with Gasteiger partial charge in [-0.05, 0) is 35.9 Å². The molecule has 0 bridgehead atoms. The van der Waals surface area contributed by atoms with Crippen molar-refractivity contribution < 1.29 is 23.8 Å². The van der Waals surface area contributed by atoms with E-state index in [1.165, 1.54) is 14.2 Å². The molecule has 130 valence electrons. The molecule has 0 spiro atoms. The molecule has 0 aliphatic heterocycles. The SMILES string of the molecule is COC(=O)C(=Cc1cc(OC)ccc1Br)c1ccccc1C(=O)OC. The Morgan fingerprint density at radius 2 is 1.64 bits per heavy atom. The van der Waals surface area contributed by atoms with Gasteiger partial charge in [-0.3, -0.25) is 0 Å². The summed E-state index contributed by atoms with van der Waals surface area (Å²) in [5.41, 5.74) is 1.65. The quantitative estimate of drug-likeness (QED) is 0.428. The van der Waals surface area contributed by atoms with Crippen molar-refractivity contribution in [3.8, 4) is 5.75 Å². The van der Waals surface area contributed by atoms with E-state index in [2.05, 4.69) is 15.9 Å². The fraction of sp³-hybridized carbons (Fsp3) is 0.158. The molecule has 0 N–H and O–H groups in total. The molecule has 2 rings (SSSR count). The predicted octanol–water partition coefficient (Wildman–Crippen LogP) is 3.96. The lowest BCUT2D eigenvalue weighted by Gasteiger charge is -2.11. The molecule has 0 aliphatic carbocycles. The Morgan fingerprint density at radius 3 is 2.24 bits per heavy atom. The third-order valence-electron chi connectivity index (χ3n) is 3.53. The van der Waals surface area contributed by atoms with Crippen LogP contribution in [0.3, 0.4) is 0 Å². The minimum absolute atomic E-state index is 0.234. The zero-order chi connectivity index (χ0) is 18.4. The van der Waals surface area contributed by atoms with Crippen molar-refractivity contribution in [3.05, 3.63) is 63.6 Å². The average molecular weight is 405 g/mol. The molecule has 6 heteroatoms. The molecule has 0 heterocycles. The van der Waals surface area contributed by atoms with Crippen LogP contribution in [0, 0.1) is 0 Å². The van der Waals surface area contributed by atoms with E-state index in [0.29, 0.717) is 16.9 Å². The van der Waals surface area contributed by atoms with E-state index >= 15 is 0 Å². The van der Waals surface area contributed by atoms with Crippen molar-refractivity contribution in [2.24, 2.45) is 0 Å².